The van der Waals surface area contributed by atoms with Crippen LogP contribution in [-0.2, 0) is 9.47 Å². The molecule has 1 fully saturated rings. The first-order chi connectivity index (χ1) is 8.58. The molecular formula is C11H16N2O5. The molecule has 7 nitrogen and oxygen atoms in total. The van der Waals surface area contributed by atoms with Crippen molar-refractivity contribution in [2.75, 3.05) is 7.11 Å². The Balaban J connectivity index is 2.38. The van der Waals surface area contributed by atoms with E-state index in [1.807, 2.05) is 6.92 Å². The standard InChI is InChI=1S/C11H16N2O5/c1-3-6-8(15)9(17-2)10(18-6)13-5-4-7(14)12-11(13)16/h4-6,8-10,15H,3H2,1-2H3,(H,12,14,16)/t6-,8?,9?,10-/m1/s1. The molecule has 0 aromatic carbocycles. The third-order valence-electron chi connectivity index (χ3n) is 3.11. The number of aromatic amines is 1. The molecule has 0 radical (unpaired) electrons. The Labute approximate surface area is 103 Å². The van der Waals surface area contributed by atoms with Gasteiger partial charge < -0.3 is 14.6 Å². The van der Waals surface area contributed by atoms with Crippen molar-refractivity contribution in [3.8, 4) is 0 Å². The van der Waals surface area contributed by atoms with E-state index in [1.165, 1.54) is 23.9 Å². The van der Waals surface area contributed by atoms with Crippen LogP contribution in [0.3, 0.4) is 0 Å². The van der Waals surface area contributed by atoms with E-state index in [1.54, 1.807) is 0 Å². The van der Waals surface area contributed by atoms with Gasteiger partial charge in [0.05, 0.1) is 6.10 Å². The van der Waals surface area contributed by atoms with Crippen LogP contribution in [0.15, 0.2) is 21.9 Å². The zero-order chi connectivity index (χ0) is 13.3. The molecule has 0 bridgehead atoms. The van der Waals surface area contributed by atoms with Gasteiger partial charge in [-0.15, -0.1) is 0 Å². The fourth-order valence-electron chi connectivity index (χ4n) is 2.16. The third kappa shape index (κ3) is 2.12. The van der Waals surface area contributed by atoms with Gasteiger partial charge in [0.25, 0.3) is 5.56 Å². The van der Waals surface area contributed by atoms with Crippen molar-refractivity contribution in [1.29, 1.82) is 0 Å². The van der Waals surface area contributed by atoms with Gasteiger partial charge in [-0.3, -0.25) is 14.3 Å². The Kier molecular flexibility index (Phi) is 3.65. The number of H-pyrrole nitrogens is 1. The number of rotatable bonds is 3. The maximum Gasteiger partial charge on any atom is 0.330 e. The van der Waals surface area contributed by atoms with Crippen molar-refractivity contribution >= 4 is 0 Å². The van der Waals surface area contributed by atoms with Gasteiger partial charge in [0.15, 0.2) is 6.23 Å². The summed E-state index contributed by atoms with van der Waals surface area (Å²) in [6, 6.07) is 1.23. The molecule has 18 heavy (non-hydrogen) atoms. The summed E-state index contributed by atoms with van der Waals surface area (Å²) in [5.74, 6) is 0. The monoisotopic (exact) mass is 256 g/mol. The maximum absolute atomic E-state index is 11.7. The molecule has 4 atom stereocenters. The van der Waals surface area contributed by atoms with Crippen LogP contribution in [0.1, 0.15) is 19.6 Å². The third-order valence-corrected chi connectivity index (χ3v) is 3.11. The number of hydrogen-bond donors (Lipinski definition) is 2. The fraction of sp³-hybridized carbons (Fsp3) is 0.636. The van der Waals surface area contributed by atoms with Crippen LogP contribution in [-0.4, -0.2) is 40.1 Å². The summed E-state index contributed by atoms with van der Waals surface area (Å²) in [6.07, 6.45) is -0.626. The molecule has 0 amide bonds. The van der Waals surface area contributed by atoms with Crippen molar-refractivity contribution in [3.63, 3.8) is 0 Å². The Morgan fingerprint density at radius 3 is 2.83 bits per heavy atom. The number of aliphatic hydroxyl groups excluding tert-OH is 1. The molecular weight excluding hydrogens is 240 g/mol. The first-order valence-corrected chi connectivity index (χ1v) is 5.76. The summed E-state index contributed by atoms with van der Waals surface area (Å²) in [7, 11) is 1.44. The van der Waals surface area contributed by atoms with Crippen molar-refractivity contribution in [2.45, 2.75) is 37.9 Å². The molecule has 1 aliphatic rings. The van der Waals surface area contributed by atoms with Gasteiger partial charge in [-0.2, -0.15) is 0 Å². The minimum atomic E-state index is -0.802. The molecule has 100 valence electrons. The average Bonchev–Trinajstić information content (AvgIpc) is 2.65. The molecule has 2 unspecified atom stereocenters. The first kappa shape index (κ1) is 13.0. The summed E-state index contributed by atoms with van der Waals surface area (Å²) >= 11 is 0. The SMILES string of the molecule is CC[C@H]1O[C@@H](n2ccc(=O)[nH]c2=O)C(OC)C1O. The zero-order valence-electron chi connectivity index (χ0n) is 10.2. The number of ether oxygens (including phenoxy) is 2. The smallest absolute Gasteiger partial charge is 0.330 e. The predicted octanol–water partition coefficient (Wildman–Crippen LogP) is -0.780. The average molecular weight is 256 g/mol. The van der Waals surface area contributed by atoms with E-state index in [0.717, 1.165) is 0 Å². The van der Waals surface area contributed by atoms with Crippen LogP contribution in [0.4, 0.5) is 0 Å². The van der Waals surface area contributed by atoms with Crippen molar-refractivity contribution in [3.05, 3.63) is 33.1 Å². The van der Waals surface area contributed by atoms with Gasteiger partial charge in [-0.05, 0) is 6.42 Å². The van der Waals surface area contributed by atoms with Gasteiger partial charge in [0.1, 0.15) is 12.2 Å². The second kappa shape index (κ2) is 5.05. The number of aromatic nitrogens is 2. The van der Waals surface area contributed by atoms with Crippen LogP contribution in [0, 0.1) is 0 Å². The molecule has 0 spiro atoms. The van der Waals surface area contributed by atoms with Crippen LogP contribution in [0.5, 0.6) is 0 Å². The molecule has 2 rings (SSSR count). The van der Waals surface area contributed by atoms with Gasteiger partial charge in [-0.25, -0.2) is 4.79 Å². The molecule has 2 N–H and O–H groups in total. The number of methoxy groups -OCH3 is 1. The minimum absolute atomic E-state index is 0.390. The van der Waals surface area contributed by atoms with Crippen LogP contribution in [0.2, 0.25) is 0 Å². The largest absolute Gasteiger partial charge is 0.388 e. The van der Waals surface area contributed by atoms with E-state index in [9.17, 15) is 14.7 Å². The van der Waals surface area contributed by atoms with Crippen LogP contribution in [0.25, 0.3) is 0 Å². The normalized spacial score (nSPS) is 31.7. The second-order valence-electron chi connectivity index (χ2n) is 4.18. The fourth-order valence-corrected chi connectivity index (χ4v) is 2.16. The van der Waals surface area contributed by atoms with Crippen molar-refractivity contribution in [1.82, 2.24) is 9.55 Å². The highest BCUT2D eigenvalue weighted by molar-refractivity contribution is 4.93. The number of nitrogens with one attached hydrogen (secondary N) is 1. The maximum atomic E-state index is 11.7. The highest BCUT2D eigenvalue weighted by atomic mass is 16.6. The van der Waals surface area contributed by atoms with E-state index in [4.69, 9.17) is 9.47 Å². The lowest BCUT2D eigenvalue weighted by molar-refractivity contribution is -0.0542. The Hall–Kier alpha value is -1.44. The molecule has 2 heterocycles. The van der Waals surface area contributed by atoms with E-state index in [2.05, 4.69) is 4.98 Å². The summed E-state index contributed by atoms with van der Waals surface area (Å²) < 4.78 is 12.0. The Morgan fingerprint density at radius 1 is 1.56 bits per heavy atom. The number of nitrogens with zero attached hydrogens (tertiary/aromatic N) is 1. The molecule has 1 saturated heterocycles. The quantitative estimate of drug-likeness (QED) is 0.740. The Morgan fingerprint density at radius 2 is 2.28 bits per heavy atom. The van der Waals surface area contributed by atoms with E-state index < -0.39 is 35.8 Å². The van der Waals surface area contributed by atoms with Gasteiger partial charge in [0, 0.05) is 19.4 Å². The summed E-state index contributed by atoms with van der Waals surface area (Å²) in [5.41, 5.74) is -1.06. The van der Waals surface area contributed by atoms with E-state index in [-0.39, 0.29) is 0 Å². The zero-order valence-corrected chi connectivity index (χ0v) is 10.2. The number of aliphatic hydroxyl groups is 1. The molecule has 1 aromatic heterocycles. The molecule has 0 aliphatic carbocycles. The highest BCUT2D eigenvalue weighted by Crippen LogP contribution is 2.31. The first-order valence-electron chi connectivity index (χ1n) is 5.76. The number of hydrogen-bond acceptors (Lipinski definition) is 5. The lowest BCUT2D eigenvalue weighted by atomic mass is 10.1. The van der Waals surface area contributed by atoms with Crippen LogP contribution < -0.4 is 11.2 Å². The van der Waals surface area contributed by atoms with Crippen LogP contribution >= 0.6 is 0 Å². The van der Waals surface area contributed by atoms with Gasteiger partial charge in [0.2, 0.25) is 0 Å². The van der Waals surface area contributed by atoms with Gasteiger partial charge >= 0.3 is 5.69 Å². The molecule has 7 heteroatoms. The highest BCUT2D eigenvalue weighted by Gasteiger charge is 2.44. The second-order valence-corrected chi connectivity index (χ2v) is 4.18. The van der Waals surface area contributed by atoms with E-state index >= 15 is 0 Å². The predicted molar refractivity (Wildman–Crippen MR) is 62.3 cm³/mol. The lowest BCUT2D eigenvalue weighted by Crippen LogP contribution is -2.38. The van der Waals surface area contributed by atoms with Crippen molar-refractivity contribution < 1.29 is 14.6 Å². The summed E-state index contributed by atoms with van der Waals surface area (Å²) in [4.78, 5) is 24.8. The Bertz CT molecular complexity index is 523. The minimum Gasteiger partial charge on any atom is -0.388 e. The lowest BCUT2D eigenvalue weighted by Gasteiger charge is -2.20. The molecule has 0 saturated carbocycles. The van der Waals surface area contributed by atoms with E-state index in [0.29, 0.717) is 6.42 Å². The summed E-state index contributed by atoms with van der Waals surface area (Å²) in [6.45, 7) is 1.87. The van der Waals surface area contributed by atoms with Gasteiger partial charge in [-0.1, -0.05) is 6.92 Å². The topological polar surface area (TPSA) is 93.6 Å². The summed E-state index contributed by atoms with van der Waals surface area (Å²) in [5, 5.41) is 9.99. The van der Waals surface area contributed by atoms with Crippen molar-refractivity contribution in [2.24, 2.45) is 0 Å². The molecule has 1 aromatic rings. The molecule has 1 aliphatic heterocycles.